The molecule has 190 valence electrons. The number of benzene rings is 1. The molecule has 2 heterocycles. The third kappa shape index (κ3) is 5.37. The van der Waals surface area contributed by atoms with Gasteiger partial charge in [0.25, 0.3) is 0 Å². The molecule has 0 spiro atoms. The van der Waals surface area contributed by atoms with E-state index in [1.165, 1.54) is 16.0 Å². The molecule has 2 atom stereocenters. The third-order valence-electron chi connectivity index (χ3n) is 7.38. The Morgan fingerprint density at radius 1 is 1.26 bits per heavy atom. The number of piperazine rings is 1. The number of aliphatic hydroxyl groups is 1. The van der Waals surface area contributed by atoms with Crippen LogP contribution in [0.25, 0.3) is 11.3 Å². The SMILES string of the molecule is C=C(O)C1=CN2C(=CC1=C)/C(=c1\cccc(OCC(C)CC)c1=C(C)CC)N(C)CC2C(C)(C)C. The molecule has 0 amide bonds. The Bertz CT molecular complexity index is 1180. The zero-order chi connectivity index (χ0) is 26.1. The van der Waals surface area contributed by atoms with Gasteiger partial charge in [-0.3, -0.25) is 0 Å². The van der Waals surface area contributed by atoms with Crippen LogP contribution < -0.4 is 15.2 Å². The molecule has 0 saturated carbocycles. The van der Waals surface area contributed by atoms with Gasteiger partial charge in [-0.1, -0.05) is 78.8 Å². The second-order valence-electron chi connectivity index (χ2n) is 11.2. The molecule has 0 aliphatic carbocycles. The maximum atomic E-state index is 10.3. The summed E-state index contributed by atoms with van der Waals surface area (Å²) < 4.78 is 6.40. The lowest BCUT2D eigenvalue weighted by molar-refractivity contribution is 0.129. The predicted molar refractivity (Wildman–Crippen MR) is 148 cm³/mol. The van der Waals surface area contributed by atoms with Crippen molar-refractivity contribution in [3.8, 4) is 5.75 Å². The van der Waals surface area contributed by atoms with Crippen molar-refractivity contribution in [1.29, 1.82) is 0 Å². The Kier molecular flexibility index (Phi) is 7.93. The van der Waals surface area contributed by atoms with Crippen molar-refractivity contribution < 1.29 is 9.84 Å². The molecule has 0 aromatic heterocycles. The molecule has 4 nitrogen and oxygen atoms in total. The van der Waals surface area contributed by atoms with Gasteiger partial charge in [0.05, 0.1) is 24.0 Å². The molecule has 1 saturated heterocycles. The maximum absolute atomic E-state index is 10.3. The standard InChI is InChI=1S/C31H44N2O2/c1-11-20(3)19-35-27-15-13-14-24(29(27)21(4)12-2)30-26-16-22(5)25(23(6)34)17-33(26)28(18-32(30)10)31(7,8)9/h13-17,20,28,34H,5-6,11-12,18-19H2,1-4,7-10H3/b29-21?,30-24-. The topological polar surface area (TPSA) is 35.9 Å². The van der Waals surface area contributed by atoms with Crippen LogP contribution in [-0.4, -0.2) is 41.1 Å². The van der Waals surface area contributed by atoms with E-state index in [0.717, 1.165) is 42.1 Å². The van der Waals surface area contributed by atoms with E-state index < -0.39 is 0 Å². The minimum absolute atomic E-state index is 0.0193. The number of fused-ring (bicyclic) bond motifs is 1. The average Bonchev–Trinajstić information content (AvgIpc) is 2.80. The van der Waals surface area contributed by atoms with Gasteiger partial charge < -0.3 is 19.6 Å². The molecule has 0 bridgehead atoms. The van der Waals surface area contributed by atoms with Crippen molar-refractivity contribution >= 4 is 11.3 Å². The summed E-state index contributed by atoms with van der Waals surface area (Å²) in [5, 5.41) is 12.6. The number of aliphatic hydroxyl groups excluding tert-OH is 1. The second kappa shape index (κ2) is 10.4. The van der Waals surface area contributed by atoms with Gasteiger partial charge in [-0.05, 0) is 42.4 Å². The summed E-state index contributed by atoms with van der Waals surface area (Å²) in [5.41, 5.74) is 5.03. The molecular weight excluding hydrogens is 432 g/mol. The molecule has 1 aromatic carbocycles. The molecule has 2 aliphatic heterocycles. The summed E-state index contributed by atoms with van der Waals surface area (Å²) in [5.74, 6) is 1.50. The third-order valence-corrected chi connectivity index (χ3v) is 7.38. The van der Waals surface area contributed by atoms with Crippen molar-refractivity contribution in [1.82, 2.24) is 9.80 Å². The van der Waals surface area contributed by atoms with Crippen molar-refractivity contribution in [2.24, 2.45) is 11.3 Å². The fourth-order valence-electron chi connectivity index (χ4n) is 4.80. The van der Waals surface area contributed by atoms with Crippen LogP contribution in [0.3, 0.4) is 0 Å². The fraction of sp³-hybridized carbons (Fsp3) is 0.484. The summed E-state index contributed by atoms with van der Waals surface area (Å²) in [4.78, 5) is 4.69. The summed E-state index contributed by atoms with van der Waals surface area (Å²) in [6.07, 6.45) is 6.16. The second-order valence-corrected chi connectivity index (χ2v) is 11.2. The molecule has 1 aromatic rings. The number of hydrogen-bond donors (Lipinski definition) is 1. The quantitative estimate of drug-likeness (QED) is 0.521. The van der Waals surface area contributed by atoms with Crippen LogP contribution in [-0.2, 0) is 0 Å². The van der Waals surface area contributed by atoms with Gasteiger partial charge in [0, 0.05) is 35.8 Å². The summed E-state index contributed by atoms with van der Waals surface area (Å²) >= 11 is 0. The minimum atomic E-state index is 0.0193. The normalized spacial score (nSPS) is 21.7. The lowest BCUT2D eigenvalue weighted by Gasteiger charge is -2.50. The zero-order valence-electron chi connectivity index (χ0n) is 23.0. The molecule has 2 aliphatic rings. The van der Waals surface area contributed by atoms with Crippen molar-refractivity contribution in [3.63, 3.8) is 0 Å². The van der Waals surface area contributed by atoms with Crippen LogP contribution >= 0.6 is 0 Å². The monoisotopic (exact) mass is 476 g/mol. The Morgan fingerprint density at radius 3 is 2.51 bits per heavy atom. The maximum Gasteiger partial charge on any atom is 0.127 e. The van der Waals surface area contributed by atoms with Gasteiger partial charge in [-0.2, -0.15) is 0 Å². The highest BCUT2D eigenvalue weighted by molar-refractivity contribution is 5.70. The lowest BCUT2D eigenvalue weighted by atomic mass is 9.82. The van der Waals surface area contributed by atoms with E-state index >= 15 is 0 Å². The van der Waals surface area contributed by atoms with Crippen LogP contribution in [0.4, 0.5) is 0 Å². The smallest absolute Gasteiger partial charge is 0.127 e. The molecular formula is C31H44N2O2. The highest BCUT2D eigenvalue weighted by Crippen LogP contribution is 2.40. The molecule has 1 N–H and O–H groups in total. The van der Waals surface area contributed by atoms with Crippen molar-refractivity contribution in [3.05, 3.63) is 76.7 Å². The number of rotatable bonds is 6. The fourth-order valence-corrected chi connectivity index (χ4v) is 4.80. The molecule has 35 heavy (non-hydrogen) atoms. The highest BCUT2D eigenvalue weighted by Gasteiger charge is 2.40. The Hall–Kier alpha value is -2.88. The van der Waals surface area contributed by atoms with Gasteiger partial charge >= 0.3 is 0 Å². The van der Waals surface area contributed by atoms with Crippen molar-refractivity contribution in [2.75, 3.05) is 20.2 Å². The minimum Gasteiger partial charge on any atom is -0.508 e. The zero-order valence-corrected chi connectivity index (χ0v) is 23.0. The van der Waals surface area contributed by atoms with Crippen LogP contribution in [0, 0.1) is 11.3 Å². The predicted octanol–water partition coefficient (Wildman–Crippen LogP) is 5.87. The first-order valence-corrected chi connectivity index (χ1v) is 12.9. The molecule has 3 rings (SSSR count). The van der Waals surface area contributed by atoms with Crippen LogP contribution in [0.5, 0.6) is 5.75 Å². The number of allylic oxidation sites excluding steroid dienone is 2. The summed E-state index contributed by atoms with van der Waals surface area (Å²) in [7, 11) is 2.18. The number of likely N-dealkylation sites (N-methyl/N-ethyl adjacent to an activating group) is 1. The van der Waals surface area contributed by atoms with Crippen molar-refractivity contribution in [2.45, 2.75) is 67.3 Å². The Balaban J connectivity index is 2.34. The number of ether oxygens (including phenoxy) is 1. The van der Waals surface area contributed by atoms with Crippen LogP contribution in [0.2, 0.25) is 0 Å². The van der Waals surface area contributed by atoms with E-state index in [2.05, 4.69) is 103 Å². The van der Waals surface area contributed by atoms with Gasteiger partial charge in [0.2, 0.25) is 0 Å². The van der Waals surface area contributed by atoms with Crippen LogP contribution in [0.1, 0.15) is 61.3 Å². The van der Waals surface area contributed by atoms with Gasteiger partial charge in [-0.25, -0.2) is 0 Å². The molecule has 0 radical (unpaired) electrons. The summed E-state index contributed by atoms with van der Waals surface area (Å²) in [6, 6.07) is 6.62. The Labute approximate surface area is 212 Å². The first-order chi connectivity index (χ1) is 16.4. The average molecular weight is 477 g/mol. The number of hydrogen-bond acceptors (Lipinski definition) is 4. The van der Waals surface area contributed by atoms with E-state index in [1.807, 2.05) is 6.20 Å². The molecule has 2 unspecified atom stereocenters. The van der Waals surface area contributed by atoms with Gasteiger partial charge in [0.1, 0.15) is 11.5 Å². The van der Waals surface area contributed by atoms with E-state index in [9.17, 15) is 5.11 Å². The Morgan fingerprint density at radius 2 is 1.94 bits per heavy atom. The van der Waals surface area contributed by atoms with Gasteiger partial charge in [0.15, 0.2) is 0 Å². The molecule has 4 heteroatoms. The largest absolute Gasteiger partial charge is 0.508 e. The summed E-state index contributed by atoms with van der Waals surface area (Å²) in [6.45, 7) is 25.2. The van der Waals surface area contributed by atoms with E-state index in [1.54, 1.807) is 0 Å². The number of nitrogens with zero attached hydrogens (tertiary/aromatic N) is 2. The lowest BCUT2D eigenvalue weighted by Crippen LogP contribution is -2.55. The van der Waals surface area contributed by atoms with Crippen LogP contribution in [0.15, 0.2) is 66.2 Å². The van der Waals surface area contributed by atoms with E-state index in [-0.39, 0.29) is 17.2 Å². The first kappa shape index (κ1) is 26.7. The van der Waals surface area contributed by atoms with E-state index in [4.69, 9.17) is 4.74 Å². The highest BCUT2D eigenvalue weighted by atomic mass is 16.5. The molecule has 1 fully saturated rings. The van der Waals surface area contributed by atoms with E-state index in [0.29, 0.717) is 18.1 Å². The first-order valence-electron chi connectivity index (χ1n) is 12.9. The van der Waals surface area contributed by atoms with Gasteiger partial charge in [-0.15, -0.1) is 0 Å².